The first-order valence-electron chi connectivity index (χ1n) is 6.68. The van der Waals surface area contributed by atoms with Gasteiger partial charge < -0.3 is 10.6 Å². The lowest BCUT2D eigenvalue weighted by Crippen LogP contribution is -2.37. The van der Waals surface area contributed by atoms with E-state index in [4.69, 9.17) is 0 Å². The first-order chi connectivity index (χ1) is 8.49. The fourth-order valence-electron chi connectivity index (χ4n) is 1.70. The Morgan fingerprint density at radius 1 is 1.17 bits per heavy atom. The maximum atomic E-state index is 13.4. The van der Waals surface area contributed by atoms with Gasteiger partial charge in [0.1, 0.15) is 5.82 Å². The topological polar surface area (TPSA) is 24.1 Å². The summed E-state index contributed by atoms with van der Waals surface area (Å²) in [6.07, 6.45) is 0. The first kappa shape index (κ1) is 15.1. The van der Waals surface area contributed by atoms with Crippen LogP contribution in [0, 0.1) is 18.7 Å². The summed E-state index contributed by atoms with van der Waals surface area (Å²) in [6.45, 7) is 11.0. The van der Waals surface area contributed by atoms with E-state index < -0.39 is 0 Å². The maximum absolute atomic E-state index is 13.4. The SMILES string of the molecule is Cc1ccc(CNC(C)CNCC(C)C)cc1F. The molecule has 0 saturated carbocycles. The molecule has 0 saturated heterocycles. The molecule has 3 heteroatoms. The van der Waals surface area contributed by atoms with Crippen LogP contribution < -0.4 is 10.6 Å². The third-order valence-electron chi connectivity index (χ3n) is 2.89. The van der Waals surface area contributed by atoms with Crippen molar-refractivity contribution in [2.45, 2.75) is 40.3 Å². The molecule has 0 bridgehead atoms. The minimum absolute atomic E-state index is 0.125. The molecule has 0 spiro atoms. The number of aryl methyl sites for hydroxylation is 1. The van der Waals surface area contributed by atoms with E-state index in [0.29, 0.717) is 24.1 Å². The van der Waals surface area contributed by atoms with Crippen molar-refractivity contribution in [3.63, 3.8) is 0 Å². The molecule has 0 aromatic heterocycles. The molecule has 1 atom stereocenters. The highest BCUT2D eigenvalue weighted by Crippen LogP contribution is 2.08. The Balaban J connectivity index is 2.29. The predicted octanol–water partition coefficient (Wildman–Crippen LogP) is 2.86. The Kier molecular flexibility index (Phi) is 6.30. The number of halogens is 1. The van der Waals surface area contributed by atoms with Crippen LogP contribution in [0.1, 0.15) is 31.9 Å². The second-order valence-corrected chi connectivity index (χ2v) is 5.42. The van der Waals surface area contributed by atoms with E-state index in [2.05, 4.69) is 31.4 Å². The van der Waals surface area contributed by atoms with Gasteiger partial charge in [0.15, 0.2) is 0 Å². The Labute approximate surface area is 110 Å². The van der Waals surface area contributed by atoms with Crippen molar-refractivity contribution < 1.29 is 4.39 Å². The minimum Gasteiger partial charge on any atom is -0.315 e. The van der Waals surface area contributed by atoms with Crippen molar-refractivity contribution in [2.24, 2.45) is 5.92 Å². The van der Waals surface area contributed by atoms with E-state index in [1.54, 1.807) is 13.0 Å². The zero-order chi connectivity index (χ0) is 13.5. The van der Waals surface area contributed by atoms with Crippen LogP contribution in [-0.4, -0.2) is 19.1 Å². The summed E-state index contributed by atoms with van der Waals surface area (Å²) in [7, 11) is 0. The van der Waals surface area contributed by atoms with Gasteiger partial charge in [-0.05, 0) is 43.5 Å². The van der Waals surface area contributed by atoms with Gasteiger partial charge >= 0.3 is 0 Å². The molecule has 102 valence electrons. The van der Waals surface area contributed by atoms with Gasteiger partial charge in [-0.15, -0.1) is 0 Å². The quantitative estimate of drug-likeness (QED) is 0.779. The zero-order valence-electron chi connectivity index (χ0n) is 11.9. The van der Waals surface area contributed by atoms with E-state index in [1.165, 1.54) is 0 Å². The molecular formula is C15H25FN2. The first-order valence-corrected chi connectivity index (χ1v) is 6.68. The number of hydrogen-bond acceptors (Lipinski definition) is 2. The van der Waals surface area contributed by atoms with E-state index in [0.717, 1.165) is 18.7 Å². The van der Waals surface area contributed by atoms with Gasteiger partial charge in [0.2, 0.25) is 0 Å². The van der Waals surface area contributed by atoms with Gasteiger partial charge in [0, 0.05) is 19.1 Å². The van der Waals surface area contributed by atoms with Gasteiger partial charge in [-0.3, -0.25) is 0 Å². The molecule has 0 fully saturated rings. The molecule has 0 radical (unpaired) electrons. The van der Waals surface area contributed by atoms with Crippen molar-refractivity contribution in [3.8, 4) is 0 Å². The van der Waals surface area contributed by atoms with E-state index in [9.17, 15) is 4.39 Å². The molecule has 1 rings (SSSR count). The van der Waals surface area contributed by atoms with E-state index in [-0.39, 0.29) is 5.82 Å². The second kappa shape index (κ2) is 7.49. The van der Waals surface area contributed by atoms with E-state index in [1.807, 2.05) is 12.1 Å². The highest BCUT2D eigenvalue weighted by atomic mass is 19.1. The van der Waals surface area contributed by atoms with Crippen molar-refractivity contribution in [1.29, 1.82) is 0 Å². The fourth-order valence-corrected chi connectivity index (χ4v) is 1.70. The zero-order valence-corrected chi connectivity index (χ0v) is 11.9. The molecule has 0 heterocycles. The average Bonchev–Trinajstić information content (AvgIpc) is 2.30. The van der Waals surface area contributed by atoms with Crippen molar-refractivity contribution >= 4 is 0 Å². The molecule has 0 aliphatic carbocycles. The van der Waals surface area contributed by atoms with Crippen LogP contribution in [0.15, 0.2) is 18.2 Å². The van der Waals surface area contributed by atoms with Crippen LogP contribution in [0.2, 0.25) is 0 Å². The molecule has 18 heavy (non-hydrogen) atoms. The Morgan fingerprint density at radius 3 is 2.50 bits per heavy atom. The Morgan fingerprint density at radius 2 is 1.89 bits per heavy atom. The van der Waals surface area contributed by atoms with Gasteiger partial charge in [-0.25, -0.2) is 4.39 Å². The standard InChI is InChI=1S/C15H25FN2/c1-11(2)8-17-9-13(4)18-10-14-6-5-12(3)15(16)7-14/h5-7,11,13,17-18H,8-10H2,1-4H3. The molecule has 1 unspecified atom stereocenters. The van der Waals surface area contributed by atoms with Gasteiger partial charge in [-0.2, -0.15) is 0 Å². The summed E-state index contributed by atoms with van der Waals surface area (Å²) >= 11 is 0. The van der Waals surface area contributed by atoms with Gasteiger partial charge in [-0.1, -0.05) is 26.0 Å². The average molecular weight is 252 g/mol. The Bertz CT molecular complexity index is 364. The highest BCUT2D eigenvalue weighted by molar-refractivity contribution is 5.23. The second-order valence-electron chi connectivity index (χ2n) is 5.42. The van der Waals surface area contributed by atoms with Gasteiger partial charge in [0.05, 0.1) is 0 Å². The summed E-state index contributed by atoms with van der Waals surface area (Å²) in [5.74, 6) is 0.545. The molecule has 2 N–H and O–H groups in total. The summed E-state index contributed by atoms with van der Waals surface area (Å²) in [4.78, 5) is 0. The van der Waals surface area contributed by atoms with Gasteiger partial charge in [0.25, 0.3) is 0 Å². The van der Waals surface area contributed by atoms with Crippen LogP contribution in [0.3, 0.4) is 0 Å². The molecular weight excluding hydrogens is 227 g/mol. The lowest BCUT2D eigenvalue weighted by Gasteiger charge is -2.16. The number of nitrogens with one attached hydrogen (secondary N) is 2. The van der Waals surface area contributed by atoms with Crippen LogP contribution in [0.25, 0.3) is 0 Å². The number of benzene rings is 1. The lowest BCUT2D eigenvalue weighted by molar-refractivity contribution is 0.471. The van der Waals surface area contributed by atoms with Crippen LogP contribution in [-0.2, 0) is 6.54 Å². The lowest BCUT2D eigenvalue weighted by atomic mass is 10.1. The summed E-state index contributed by atoms with van der Waals surface area (Å²) < 4.78 is 13.4. The summed E-state index contributed by atoms with van der Waals surface area (Å²) in [6, 6.07) is 5.79. The molecule has 0 amide bonds. The van der Waals surface area contributed by atoms with Crippen molar-refractivity contribution in [3.05, 3.63) is 35.1 Å². The van der Waals surface area contributed by atoms with Crippen LogP contribution in [0.4, 0.5) is 4.39 Å². The minimum atomic E-state index is -0.125. The molecule has 2 nitrogen and oxygen atoms in total. The predicted molar refractivity (Wildman–Crippen MR) is 75.1 cm³/mol. The largest absolute Gasteiger partial charge is 0.315 e. The van der Waals surface area contributed by atoms with Crippen LogP contribution in [0.5, 0.6) is 0 Å². The third kappa shape index (κ3) is 5.61. The summed E-state index contributed by atoms with van der Waals surface area (Å²) in [5.41, 5.74) is 1.69. The van der Waals surface area contributed by atoms with Crippen molar-refractivity contribution in [2.75, 3.05) is 13.1 Å². The molecule has 0 aliphatic rings. The maximum Gasteiger partial charge on any atom is 0.126 e. The normalized spacial score (nSPS) is 13.0. The molecule has 0 aliphatic heterocycles. The third-order valence-corrected chi connectivity index (χ3v) is 2.89. The number of hydrogen-bond donors (Lipinski definition) is 2. The summed E-state index contributed by atoms with van der Waals surface area (Å²) in [5, 5.41) is 6.79. The smallest absolute Gasteiger partial charge is 0.126 e. The van der Waals surface area contributed by atoms with Crippen LogP contribution >= 0.6 is 0 Å². The number of rotatable bonds is 7. The monoisotopic (exact) mass is 252 g/mol. The molecule has 1 aromatic carbocycles. The van der Waals surface area contributed by atoms with Crippen molar-refractivity contribution in [1.82, 2.24) is 10.6 Å². The highest BCUT2D eigenvalue weighted by Gasteiger charge is 2.03. The fraction of sp³-hybridized carbons (Fsp3) is 0.600. The molecule has 1 aromatic rings. The van der Waals surface area contributed by atoms with E-state index >= 15 is 0 Å². The Hall–Kier alpha value is -0.930.